The van der Waals surface area contributed by atoms with Crippen LogP contribution in [0.25, 0.3) is 0 Å². The fourth-order valence-corrected chi connectivity index (χ4v) is 4.75. The van der Waals surface area contributed by atoms with Crippen molar-refractivity contribution in [1.29, 1.82) is 0 Å². The predicted octanol–water partition coefficient (Wildman–Crippen LogP) is 2.62. The standard InChI is InChI=1S/C15H19F2N3OS/c1-3-21-7-15-6-11(15)14(2,20-13(19)22-15)9-4-8(18)5-10(16)12(9)17/h4-5,11H,3,6-7,18H2,1-2H3,(H2,19,20)/t11?,14-,15-/m1/s1. The molecule has 0 amide bonds. The second-order valence-corrected chi connectivity index (χ2v) is 7.46. The fourth-order valence-electron chi connectivity index (χ4n) is 3.34. The number of anilines is 1. The molecule has 1 aliphatic carbocycles. The molecule has 1 aliphatic heterocycles. The summed E-state index contributed by atoms with van der Waals surface area (Å²) >= 11 is 1.47. The molecule has 120 valence electrons. The summed E-state index contributed by atoms with van der Waals surface area (Å²) in [5, 5.41) is 0.373. The highest BCUT2D eigenvalue weighted by Crippen LogP contribution is 2.66. The average Bonchev–Trinajstić information content (AvgIpc) is 3.16. The summed E-state index contributed by atoms with van der Waals surface area (Å²) in [5.74, 6) is -1.82. The van der Waals surface area contributed by atoms with Crippen molar-refractivity contribution in [2.24, 2.45) is 16.6 Å². The molecule has 1 aromatic rings. The minimum Gasteiger partial charge on any atom is -0.399 e. The van der Waals surface area contributed by atoms with Crippen molar-refractivity contribution in [2.75, 3.05) is 18.9 Å². The molecule has 0 saturated heterocycles. The van der Waals surface area contributed by atoms with E-state index in [1.807, 2.05) is 6.92 Å². The molecule has 0 aromatic heterocycles. The normalized spacial score (nSPS) is 33.3. The molecule has 1 fully saturated rings. The van der Waals surface area contributed by atoms with Gasteiger partial charge in [-0.05, 0) is 32.4 Å². The number of fused-ring (bicyclic) bond motifs is 1. The Morgan fingerprint density at radius 3 is 2.82 bits per heavy atom. The van der Waals surface area contributed by atoms with Gasteiger partial charge in [0.2, 0.25) is 0 Å². The number of ether oxygens (including phenoxy) is 1. The Kier molecular flexibility index (Phi) is 3.60. The van der Waals surface area contributed by atoms with Gasteiger partial charge in [0.15, 0.2) is 16.8 Å². The van der Waals surface area contributed by atoms with Crippen LogP contribution >= 0.6 is 11.8 Å². The lowest BCUT2D eigenvalue weighted by molar-refractivity contribution is 0.137. The van der Waals surface area contributed by atoms with Crippen LogP contribution in [-0.2, 0) is 10.3 Å². The van der Waals surface area contributed by atoms with E-state index in [2.05, 4.69) is 4.99 Å². The van der Waals surface area contributed by atoms with Crippen molar-refractivity contribution >= 4 is 22.6 Å². The quantitative estimate of drug-likeness (QED) is 0.834. The van der Waals surface area contributed by atoms with Crippen molar-refractivity contribution in [3.05, 3.63) is 29.3 Å². The van der Waals surface area contributed by atoms with Gasteiger partial charge >= 0.3 is 0 Å². The molecule has 0 bridgehead atoms. The lowest BCUT2D eigenvalue weighted by Gasteiger charge is -2.34. The molecule has 1 saturated carbocycles. The number of rotatable bonds is 4. The van der Waals surface area contributed by atoms with Gasteiger partial charge in [0.25, 0.3) is 0 Å². The molecule has 3 atom stereocenters. The largest absolute Gasteiger partial charge is 0.399 e. The van der Waals surface area contributed by atoms with Crippen LogP contribution < -0.4 is 11.5 Å². The van der Waals surface area contributed by atoms with Gasteiger partial charge in [-0.15, -0.1) is 0 Å². The van der Waals surface area contributed by atoms with Crippen molar-refractivity contribution in [2.45, 2.75) is 30.6 Å². The molecule has 7 heteroatoms. The van der Waals surface area contributed by atoms with E-state index in [1.54, 1.807) is 6.92 Å². The van der Waals surface area contributed by atoms with E-state index < -0.39 is 17.2 Å². The summed E-state index contributed by atoms with van der Waals surface area (Å²) in [6.45, 7) is 4.83. The van der Waals surface area contributed by atoms with Gasteiger partial charge in [0.1, 0.15) is 0 Å². The van der Waals surface area contributed by atoms with Crippen LogP contribution in [0.2, 0.25) is 0 Å². The Morgan fingerprint density at radius 2 is 2.14 bits per heavy atom. The van der Waals surface area contributed by atoms with Gasteiger partial charge in [0.05, 0.1) is 16.9 Å². The van der Waals surface area contributed by atoms with Crippen LogP contribution in [0, 0.1) is 17.6 Å². The predicted molar refractivity (Wildman–Crippen MR) is 84.7 cm³/mol. The van der Waals surface area contributed by atoms with Crippen molar-refractivity contribution in [3.8, 4) is 0 Å². The molecule has 22 heavy (non-hydrogen) atoms. The summed E-state index contributed by atoms with van der Waals surface area (Å²) in [7, 11) is 0. The molecule has 0 spiro atoms. The number of amidine groups is 1. The maximum atomic E-state index is 14.3. The number of benzene rings is 1. The number of hydrogen-bond donors (Lipinski definition) is 2. The van der Waals surface area contributed by atoms with Crippen molar-refractivity contribution in [1.82, 2.24) is 0 Å². The van der Waals surface area contributed by atoms with Crippen LogP contribution in [0.15, 0.2) is 17.1 Å². The molecule has 4 nitrogen and oxygen atoms in total. The van der Waals surface area contributed by atoms with E-state index >= 15 is 0 Å². The number of nitrogen functional groups attached to an aromatic ring is 1. The lowest BCUT2D eigenvalue weighted by atomic mass is 9.85. The first-order valence-electron chi connectivity index (χ1n) is 7.19. The highest BCUT2D eigenvalue weighted by molar-refractivity contribution is 8.15. The van der Waals surface area contributed by atoms with Gasteiger partial charge in [-0.1, -0.05) is 11.8 Å². The lowest BCUT2D eigenvalue weighted by Crippen LogP contribution is -2.38. The van der Waals surface area contributed by atoms with E-state index in [0.717, 1.165) is 12.5 Å². The maximum absolute atomic E-state index is 14.3. The minimum absolute atomic E-state index is 0.0412. The topological polar surface area (TPSA) is 73.6 Å². The minimum atomic E-state index is -0.959. The summed E-state index contributed by atoms with van der Waals surface area (Å²) in [6, 6.07) is 2.43. The molecule has 1 unspecified atom stereocenters. The van der Waals surface area contributed by atoms with Gasteiger partial charge in [0, 0.05) is 23.8 Å². The first-order chi connectivity index (χ1) is 10.3. The Bertz CT molecular complexity index is 654. The highest BCUT2D eigenvalue weighted by Gasteiger charge is 2.66. The first-order valence-corrected chi connectivity index (χ1v) is 8.01. The second kappa shape index (κ2) is 5.09. The van der Waals surface area contributed by atoms with E-state index in [0.29, 0.717) is 18.4 Å². The van der Waals surface area contributed by atoms with Crippen LogP contribution in [0.4, 0.5) is 14.5 Å². The molecular weight excluding hydrogens is 308 g/mol. The first kappa shape index (κ1) is 15.6. The maximum Gasteiger partial charge on any atom is 0.164 e. The number of nitrogens with two attached hydrogens (primary N) is 2. The SMILES string of the molecule is CCOC[C@]12CC1[C@@](C)(c1cc(N)cc(F)c1F)N=C(N)S2. The summed E-state index contributed by atoms with van der Waals surface area (Å²) < 4.78 is 33.4. The molecule has 3 rings (SSSR count). The van der Waals surface area contributed by atoms with Crippen molar-refractivity contribution in [3.63, 3.8) is 0 Å². The monoisotopic (exact) mass is 327 g/mol. The number of nitrogens with zero attached hydrogens (tertiary/aromatic N) is 1. The molecule has 4 N–H and O–H groups in total. The Hall–Kier alpha value is -1.34. The number of hydrogen-bond acceptors (Lipinski definition) is 5. The molecule has 1 aromatic carbocycles. The Labute approximate surface area is 132 Å². The zero-order valence-electron chi connectivity index (χ0n) is 12.5. The van der Waals surface area contributed by atoms with Crippen molar-refractivity contribution < 1.29 is 13.5 Å². The second-order valence-electron chi connectivity index (χ2n) is 6.02. The van der Waals surface area contributed by atoms with E-state index in [9.17, 15) is 8.78 Å². The van der Waals surface area contributed by atoms with Crippen LogP contribution in [0.3, 0.4) is 0 Å². The highest BCUT2D eigenvalue weighted by atomic mass is 32.2. The zero-order valence-corrected chi connectivity index (χ0v) is 13.3. The summed E-state index contributed by atoms with van der Waals surface area (Å²) in [6.07, 6.45) is 0.800. The molecule has 0 radical (unpaired) electrons. The number of thioether (sulfide) groups is 1. The van der Waals surface area contributed by atoms with E-state index in [-0.39, 0.29) is 21.9 Å². The number of halogens is 2. The van der Waals surface area contributed by atoms with Gasteiger partial charge in [-0.25, -0.2) is 8.78 Å². The van der Waals surface area contributed by atoms with Crippen LogP contribution in [0.1, 0.15) is 25.8 Å². The summed E-state index contributed by atoms with van der Waals surface area (Å²) in [4.78, 5) is 4.44. The van der Waals surface area contributed by atoms with E-state index in [4.69, 9.17) is 16.2 Å². The molecule has 1 heterocycles. The smallest absolute Gasteiger partial charge is 0.164 e. The fraction of sp³-hybridized carbons (Fsp3) is 0.533. The summed E-state index contributed by atoms with van der Waals surface area (Å²) in [5.41, 5.74) is 11.1. The third kappa shape index (κ3) is 2.27. The Morgan fingerprint density at radius 1 is 1.41 bits per heavy atom. The molecule has 2 aliphatic rings. The third-order valence-corrected chi connectivity index (χ3v) is 5.78. The van der Waals surface area contributed by atoms with E-state index in [1.165, 1.54) is 17.8 Å². The van der Waals surface area contributed by atoms with Gasteiger partial charge in [-0.3, -0.25) is 4.99 Å². The Balaban J connectivity index is 2.05. The van der Waals surface area contributed by atoms with Crippen LogP contribution in [0.5, 0.6) is 0 Å². The van der Waals surface area contributed by atoms with Gasteiger partial charge in [-0.2, -0.15) is 0 Å². The number of aliphatic imine (C=N–C) groups is 1. The van der Waals surface area contributed by atoms with Crippen LogP contribution in [-0.4, -0.2) is 23.1 Å². The zero-order chi connectivity index (χ0) is 16.1. The third-order valence-electron chi connectivity index (χ3n) is 4.50. The van der Waals surface area contributed by atoms with Gasteiger partial charge < -0.3 is 16.2 Å². The molecular formula is C15H19F2N3OS. The average molecular weight is 327 g/mol.